The molecule has 8 heteroatoms. The van der Waals surface area contributed by atoms with Crippen LogP contribution in [0.25, 0.3) is 0 Å². The van der Waals surface area contributed by atoms with E-state index < -0.39 is 15.8 Å². The Labute approximate surface area is 116 Å². The van der Waals surface area contributed by atoms with Gasteiger partial charge in [0.05, 0.1) is 18.1 Å². The molecule has 6 nitrogen and oxygen atoms in total. The fourth-order valence-electron chi connectivity index (χ4n) is 1.51. The van der Waals surface area contributed by atoms with Crippen molar-refractivity contribution in [2.75, 3.05) is 17.1 Å². The largest absolute Gasteiger partial charge is 0.357 e. The lowest BCUT2D eigenvalue weighted by Crippen LogP contribution is -2.15. The number of sulfonamides is 1. The van der Waals surface area contributed by atoms with Crippen LogP contribution in [0.4, 0.5) is 16.0 Å². The van der Waals surface area contributed by atoms with Crippen molar-refractivity contribution in [3.8, 4) is 0 Å². The molecule has 0 spiro atoms. The van der Waals surface area contributed by atoms with E-state index in [1.54, 1.807) is 7.05 Å². The monoisotopic (exact) mass is 296 g/mol. The molecule has 1 heterocycles. The first-order valence-electron chi connectivity index (χ1n) is 5.72. The first-order chi connectivity index (χ1) is 9.44. The fraction of sp³-hybridized carbons (Fsp3) is 0.167. The van der Waals surface area contributed by atoms with Crippen molar-refractivity contribution in [2.24, 2.45) is 0 Å². The summed E-state index contributed by atoms with van der Waals surface area (Å²) in [6, 6.07) is 4.18. The van der Waals surface area contributed by atoms with Crippen LogP contribution in [0.1, 0.15) is 5.56 Å². The molecule has 0 aliphatic heterocycles. The van der Waals surface area contributed by atoms with Gasteiger partial charge in [-0.05, 0) is 19.1 Å². The van der Waals surface area contributed by atoms with Crippen LogP contribution >= 0.6 is 0 Å². The molecule has 106 valence electrons. The predicted molar refractivity (Wildman–Crippen MR) is 73.5 cm³/mol. The molecule has 2 aromatic rings. The number of nitrogens with one attached hydrogen (secondary N) is 2. The minimum Gasteiger partial charge on any atom is -0.357 e. The van der Waals surface area contributed by atoms with Crippen LogP contribution in [0.2, 0.25) is 0 Å². The maximum Gasteiger partial charge on any atom is 0.264 e. The van der Waals surface area contributed by atoms with E-state index in [4.69, 9.17) is 0 Å². The van der Waals surface area contributed by atoms with E-state index in [0.717, 1.165) is 0 Å². The summed E-state index contributed by atoms with van der Waals surface area (Å²) in [5.41, 5.74) is 0.409. The third-order valence-electron chi connectivity index (χ3n) is 2.67. The van der Waals surface area contributed by atoms with Crippen LogP contribution in [0.5, 0.6) is 0 Å². The lowest BCUT2D eigenvalue weighted by molar-refractivity contribution is 0.600. The Morgan fingerprint density at radius 3 is 2.45 bits per heavy atom. The molecule has 0 aliphatic rings. The van der Waals surface area contributed by atoms with Crippen LogP contribution in [0, 0.1) is 12.7 Å². The van der Waals surface area contributed by atoms with Gasteiger partial charge in [0.15, 0.2) is 0 Å². The third-order valence-corrected chi connectivity index (χ3v) is 3.99. The number of hydrogen-bond acceptors (Lipinski definition) is 5. The molecular weight excluding hydrogens is 283 g/mol. The summed E-state index contributed by atoms with van der Waals surface area (Å²) in [4.78, 5) is 7.56. The van der Waals surface area contributed by atoms with Crippen molar-refractivity contribution in [1.82, 2.24) is 9.97 Å². The standard InChI is InChI=1S/C12H13FN4O2S/c1-8-10(13)4-3-5-11(8)17-20(18,19)9-6-15-12(14-2)16-7-9/h3-7,17H,1-2H3,(H,14,15,16). The van der Waals surface area contributed by atoms with Crippen molar-refractivity contribution < 1.29 is 12.8 Å². The minimum absolute atomic E-state index is 0.0971. The molecule has 20 heavy (non-hydrogen) atoms. The molecule has 0 saturated carbocycles. The highest BCUT2D eigenvalue weighted by Crippen LogP contribution is 2.21. The zero-order valence-electron chi connectivity index (χ0n) is 10.9. The van der Waals surface area contributed by atoms with Crippen molar-refractivity contribution in [3.63, 3.8) is 0 Å². The van der Waals surface area contributed by atoms with Crippen molar-refractivity contribution in [1.29, 1.82) is 0 Å². The average Bonchev–Trinajstić information content (AvgIpc) is 2.44. The molecule has 1 aromatic heterocycles. The Morgan fingerprint density at radius 2 is 1.85 bits per heavy atom. The number of nitrogens with zero attached hydrogens (tertiary/aromatic N) is 2. The maximum absolute atomic E-state index is 13.4. The van der Waals surface area contributed by atoms with Gasteiger partial charge in [-0.1, -0.05) is 6.07 Å². The topological polar surface area (TPSA) is 84.0 Å². The summed E-state index contributed by atoms with van der Waals surface area (Å²) in [5, 5.41) is 2.68. The number of halogens is 1. The molecule has 2 rings (SSSR count). The van der Waals surface area contributed by atoms with E-state index in [1.165, 1.54) is 37.5 Å². The van der Waals surface area contributed by atoms with Crippen LogP contribution in [0.15, 0.2) is 35.5 Å². The van der Waals surface area contributed by atoms with Crippen molar-refractivity contribution in [3.05, 3.63) is 42.0 Å². The van der Waals surface area contributed by atoms with E-state index in [9.17, 15) is 12.8 Å². The SMILES string of the molecule is CNc1ncc(S(=O)(=O)Nc2cccc(F)c2C)cn1. The average molecular weight is 296 g/mol. The summed E-state index contributed by atoms with van der Waals surface area (Å²) in [6.07, 6.45) is 2.35. The lowest BCUT2D eigenvalue weighted by Gasteiger charge is -2.10. The highest BCUT2D eigenvalue weighted by atomic mass is 32.2. The molecule has 0 radical (unpaired) electrons. The summed E-state index contributed by atoms with van der Waals surface area (Å²) in [6.45, 7) is 1.49. The molecule has 0 atom stereocenters. The highest BCUT2D eigenvalue weighted by Gasteiger charge is 2.17. The molecular formula is C12H13FN4O2S. The zero-order chi connectivity index (χ0) is 14.8. The zero-order valence-corrected chi connectivity index (χ0v) is 11.7. The van der Waals surface area contributed by atoms with Gasteiger partial charge in [-0.15, -0.1) is 0 Å². The number of anilines is 2. The van der Waals surface area contributed by atoms with E-state index in [0.29, 0.717) is 5.95 Å². The van der Waals surface area contributed by atoms with Gasteiger partial charge in [-0.2, -0.15) is 0 Å². The number of benzene rings is 1. The second-order valence-corrected chi connectivity index (χ2v) is 5.69. The quantitative estimate of drug-likeness (QED) is 0.898. The molecule has 1 aromatic carbocycles. The van der Waals surface area contributed by atoms with Crippen LogP contribution < -0.4 is 10.0 Å². The predicted octanol–water partition coefficient (Wildman–Crippen LogP) is 1.77. The minimum atomic E-state index is -3.85. The van der Waals surface area contributed by atoms with E-state index >= 15 is 0 Å². The first-order valence-corrected chi connectivity index (χ1v) is 7.20. The van der Waals surface area contributed by atoms with Crippen LogP contribution in [-0.2, 0) is 10.0 Å². The Bertz CT molecular complexity index is 717. The lowest BCUT2D eigenvalue weighted by atomic mass is 10.2. The Balaban J connectivity index is 2.33. The van der Waals surface area contributed by atoms with E-state index in [-0.39, 0.29) is 16.1 Å². The van der Waals surface area contributed by atoms with Gasteiger partial charge in [0.1, 0.15) is 10.7 Å². The van der Waals surface area contributed by atoms with Crippen LogP contribution in [-0.4, -0.2) is 25.4 Å². The molecule has 0 fully saturated rings. The van der Waals surface area contributed by atoms with Gasteiger partial charge >= 0.3 is 0 Å². The maximum atomic E-state index is 13.4. The Hall–Kier alpha value is -2.22. The highest BCUT2D eigenvalue weighted by molar-refractivity contribution is 7.92. The Kier molecular flexibility index (Phi) is 3.84. The van der Waals surface area contributed by atoms with Gasteiger partial charge in [0.2, 0.25) is 5.95 Å². The molecule has 0 aliphatic carbocycles. The molecule has 2 N–H and O–H groups in total. The normalized spacial score (nSPS) is 11.2. The molecule has 0 saturated heterocycles. The number of rotatable bonds is 4. The third kappa shape index (κ3) is 2.85. The van der Waals surface area contributed by atoms with E-state index in [2.05, 4.69) is 20.0 Å². The van der Waals surface area contributed by atoms with E-state index in [1.807, 2.05) is 0 Å². The smallest absolute Gasteiger partial charge is 0.264 e. The van der Waals surface area contributed by atoms with Gasteiger partial charge in [-0.3, -0.25) is 4.72 Å². The number of aromatic nitrogens is 2. The van der Waals surface area contributed by atoms with Gasteiger partial charge in [0.25, 0.3) is 10.0 Å². The molecule has 0 amide bonds. The molecule has 0 unspecified atom stereocenters. The summed E-state index contributed by atoms with van der Waals surface area (Å²) >= 11 is 0. The second-order valence-electron chi connectivity index (χ2n) is 4.01. The van der Waals surface area contributed by atoms with Crippen LogP contribution in [0.3, 0.4) is 0 Å². The summed E-state index contributed by atoms with van der Waals surface area (Å²) in [7, 11) is -2.22. The van der Waals surface area contributed by atoms with Gasteiger partial charge < -0.3 is 5.32 Å². The fourth-order valence-corrected chi connectivity index (χ4v) is 2.52. The number of hydrogen-bond donors (Lipinski definition) is 2. The molecule has 0 bridgehead atoms. The summed E-state index contributed by atoms with van der Waals surface area (Å²) < 4.78 is 40.0. The Morgan fingerprint density at radius 1 is 1.20 bits per heavy atom. The van der Waals surface area contributed by atoms with Gasteiger partial charge in [0, 0.05) is 12.6 Å². The van der Waals surface area contributed by atoms with Crippen molar-refractivity contribution >= 4 is 21.7 Å². The first kappa shape index (κ1) is 14.2. The second kappa shape index (κ2) is 5.41. The van der Waals surface area contributed by atoms with Crippen molar-refractivity contribution in [2.45, 2.75) is 11.8 Å². The van der Waals surface area contributed by atoms with Gasteiger partial charge in [-0.25, -0.2) is 22.8 Å². The summed E-state index contributed by atoms with van der Waals surface area (Å²) in [5.74, 6) is -0.169.